The summed E-state index contributed by atoms with van der Waals surface area (Å²) in [5.74, 6) is 0.569. The van der Waals surface area contributed by atoms with Crippen LogP contribution in [0.25, 0.3) is 6.08 Å². The van der Waals surface area contributed by atoms with Crippen molar-refractivity contribution in [3.05, 3.63) is 82.2 Å². The van der Waals surface area contributed by atoms with Crippen molar-refractivity contribution in [2.45, 2.75) is 22.6 Å². The van der Waals surface area contributed by atoms with Crippen molar-refractivity contribution in [3.8, 4) is 5.75 Å². The Morgan fingerprint density at radius 3 is 2.56 bits per heavy atom. The number of para-hydroxylation sites is 1. The number of anilines is 2. The second-order valence-corrected chi connectivity index (χ2v) is 11.3. The van der Waals surface area contributed by atoms with Gasteiger partial charge in [0, 0.05) is 27.8 Å². The Kier molecular flexibility index (Phi) is 7.39. The highest BCUT2D eigenvalue weighted by Gasteiger charge is 2.32. The molecule has 5 nitrogen and oxygen atoms in total. The molecule has 2 aliphatic heterocycles. The first-order chi connectivity index (χ1) is 17.4. The van der Waals surface area contributed by atoms with Crippen LogP contribution in [0, 0.1) is 0 Å². The summed E-state index contributed by atoms with van der Waals surface area (Å²) in [5.41, 5.74) is 2.52. The molecule has 3 aromatic rings. The standard InChI is InChI=1S/C27H21ClN2O3S3/c1-33-19-11-8-17(9-12-19)15-24-26(32)29(27(34)36-24)14-4-7-25(31)30-20-5-2-3-6-22(20)35-23-13-10-18(28)16-21(23)30/h2-3,5-6,8-13,15-16H,4,7,14H2,1H3/b24-15-. The number of methoxy groups -OCH3 is 1. The van der Waals surface area contributed by atoms with E-state index >= 15 is 0 Å². The van der Waals surface area contributed by atoms with Crippen LogP contribution in [0.4, 0.5) is 11.4 Å². The average Bonchev–Trinajstić information content (AvgIpc) is 3.15. The molecule has 0 bridgehead atoms. The number of fused-ring (bicyclic) bond motifs is 2. The van der Waals surface area contributed by atoms with Gasteiger partial charge in [-0.3, -0.25) is 19.4 Å². The molecule has 2 aliphatic rings. The van der Waals surface area contributed by atoms with E-state index in [-0.39, 0.29) is 18.2 Å². The quantitative estimate of drug-likeness (QED) is 0.239. The molecule has 0 spiro atoms. The third kappa shape index (κ3) is 5.04. The fourth-order valence-corrected chi connectivity index (χ4v) is 6.55. The average molecular weight is 553 g/mol. The first kappa shape index (κ1) is 24.9. The summed E-state index contributed by atoms with van der Waals surface area (Å²) in [6.07, 6.45) is 2.58. The van der Waals surface area contributed by atoms with E-state index < -0.39 is 0 Å². The smallest absolute Gasteiger partial charge is 0.266 e. The van der Waals surface area contributed by atoms with Gasteiger partial charge in [0.2, 0.25) is 5.91 Å². The highest BCUT2D eigenvalue weighted by Crippen LogP contribution is 2.49. The molecule has 0 aromatic heterocycles. The fraction of sp³-hybridized carbons (Fsp3) is 0.148. The molecule has 2 heterocycles. The van der Waals surface area contributed by atoms with E-state index in [1.54, 1.807) is 28.7 Å². The van der Waals surface area contributed by atoms with Crippen LogP contribution < -0.4 is 9.64 Å². The van der Waals surface area contributed by atoms with Crippen molar-refractivity contribution in [1.82, 2.24) is 4.90 Å². The number of ether oxygens (including phenoxy) is 1. The van der Waals surface area contributed by atoms with E-state index in [4.69, 9.17) is 28.6 Å². The van der Waals surface area contributed by atoms with Crippen molar-refractivity contribution in [2.24, 2.45) is 0 Å². The van der Waals surface area contributed by atoms with Crippen molar-refractivity contribution < 1.29 is 14.3 Å². The van der Waals surface area contributed by atoms with E-state index in [0.29, 0.717) is 27.2 Å². The lowest BCUT2D eigenvalue weighted by atomic mass is 10.1. The number of hydrogen-bond acceptors (Lipinski definition) is 6. The number of thioether (sulfide) groups is 1. The van der Waals surface area contributed by atoms with Gasteiger partial charge in [-0.1, -0.05) is 71.6 Å². The maximum atomic E-state index is 13.4. The first-order valence-electron chi connectivity index (χ1n) is 11.2. The Labute approximate surface area is 228 Å². The minimum Gasteiger partial charge on any atom is -0.497 e. The zero-order valence-electron chi connectivity index (χ0n) is 19.3. The van der Waals surface area contributed by atoms with Crippen LogP contribution in [0.2, 0.25) is 5.02 Å². The topological polar surface area (TPSA) is 49.9 Å². The van der Waals surface area contributed by atoms with Crippen molar-refractivity contribution in [1.29, 1.82) is 0 Å². The van der Waals surface area contributed by atoms with E-state index in [0.717, 1.165) is 32.5 Å². The largest absolute Gasteiger partial charge is 0.497 e. The number of rotatable bonds is 6. The number of thiocarbonyl (C=S) groups is 1. The maximum Gasteiger partial charge on any atom is 0.266 e. The lowest BCUT2D eigenvalue weighted by molar-refractivity contribution is -0.123. The molecule has 0 atom stereocenters. The van der Waals surface area contributed by atoms with E-state index in [9.17, 15) is 9.59 Å². The predicted octanol–water partition coefficient (Wildman–Crippen LogP) is 7.16. The van der Waals surface area contributed by atoms with E-state index in [1.165, 1.54) is 11.8 Å². The van der Waals surface area contributed by atoms with Gasteiger partial charge in [-0.25, -0.2) is 0 Å². The zero-order chi connectivity index (χ0) is 25.2. The number of benzene rings is 3. The molecule has 0 N–H and O–H groups in total. The van der Waals surface area contributed by atoms with Gasteiger partial charge in [0.1, 0.15) is 10.1 Å². The molecule has 5 rings (SSSR count). The van der Waals surface area contributed by atoms with Crippen LogP contribution >= 0.6 is 47.3 Å². The van der Waals surface area contributed by atoms with Gasteiger partial charge in [-0.15, -0.1) is 0 Å². The number of halogens is 1. The highest BCUT2D eigenvalue weighted by molar-refractivity contribution is 8.26. The lowest BCUT2D eigenvalue weighted by Crippen LogP contribution is -2.32. The number of nitrogens with zero attached hydrogens (tertiary/aromatic N) is 2. The van der Waals surface area contributed by atoms with Gasteiger partial charge in [0.25, 0.3) is 5.91 Å². The Balaban J connectivity index is 1.27. The van der Waals surface area contributed by atoms with E-state index in [1.807, 2.05) is 72.8 Å². The highest BCUT2D eigenvalue weighted by atomic mass is 35.5. The molecule has 0 radical (unpaired) electrons. The SMILES string of the molecule is COc1ccc(/C=C2\SC(=S)N(CCCC(=O)N3c4ccccc4Sc4ccc(Cl)cc43)C2=O)cc1. The van der Waals surface area contributed by atoms with E-state index in [2.05, 4.69) is 0 Å². The Morgan fingerprint density at radius 2 is 1.78 bits per heavy atom. The predicted molar refractivity (Wildman–Crippen MR) is 151 cm³/mol. The molecule has 9 heteroatoms. The van der Waals surface area contributed by atoms with Crippen LogP contribution in [0.1, 0.15) is 18.4 Å². The van der Waals surface area contributed by atoms with Gasteiger partial charge >= 0.3 is 0 Å². The summed E-state index contributed by atoms with van der Waals surface area (Å²) in [5, 5.41) is 0.577. The molecule has 1 fully saturated rings. The van der Waals surface area contributed by atoms with Gasteiger partial charge in [0.05, 0.1) is 23.4 Å². The summed E-state index contributed by atoms with van der Waals surface area (Å²) >= 11 is 14.6. The first-order valence-corrected chi connectivity index (χ1v) is 13.7. The molecule has 36 heavy (non-hydrogen) atoms. The minimum atomic E-state index is -0.134. The molecule has 0 saturated carbocycles. The summed E-state index contributed by atoms with van der Waals surface area (Å²) in [7, 11) is 1.61. The fourth-order valence-electron chi connectivity index (χ4n) is 4.04. The molecular formula is C27H21ClN2O3S3. The number of hydrogen-bond donors (Lipinski definition) is 0. The van der Waals surface area contributed by atoms with Crippen molar-refractivity contribution in [2.75, 3.05) is 18.6 Å². The van der Waals surface area contributed by atoms with Gasteiger partial charge in [-0.05, 0) is 60.5 Å². The Bertz CT molecular complexity index is 1390. The Morgan fingerprint density at radius 1 is 1.03 bits per heavy atom. The van der Waals surface area contributed by atoms with Crippen LogP contribution in [-0.2, 0) is 9.59 Å². The zero-order valence-corrected chi connectivity index (χ0v) is 22.5. The molecule has 3 aromatic carbocycles. The van der Waals surface area contributed by atoms with Crippen molar-refractivity contribution >= 4 is 80.9 Å². The second-order valence-electron chi connectivity index (χ2n) is 8.12. The third-order valence-electron chi connectivity index (χ3n) is 5.80. The Hall–Kier alpha value is -2.78. The number of amides is 2. The van der Waals surface area contributed by atoms with Gasteiger partial charge in [0.15, 0.2) is 0 Å². The lowest BCUT2D eigenvalue weighted by Gasteiger charge is -2.31. The molecule has 182 valence electrons. The van der Waals surface area contributed by atoms with Crippen LogP contribution in [0.3, 0.4) is 0 Å². The maximum absolute atomic E-state index is 13.4. The van der Waals surface area contributed by atoms with Crippen LogP contribution in [0.15, 0.2) is 81.4 Å². The van der Waals surface area contributed by atoms with Crippen LogP contribution in [-0.4, -0.2) is 34.7 Å². The molecule has 2 amide bonds. The monoisotopic (exact) mass is 552 g/mol. The van der Waals surface area contributed by atoms with Gasteiger partial charge in [-0.2, -0.15) is 0 Å². The summed E-state index contributed by atoms with van der Waals surface area (Å²) in [6.45, 7) is 0.378. The van der Waals surface area contributed by atoms with Crippen molar-refractivity contribution in [3.63, 3.8) is 0 Å². The number of carbonyl (C=O) groups is 2. The third-order valence-corrected chi connectivity index (χ3v) is 8.54. The molecule has 0 aliphatic carbocycles. The van der Waals surface area contributed by atoms with Gasteiger partial charge < -0.3 is 4.74 Å². The summed E-state index contributed by atoms with van der Waals surface area (Å²) in [4.78, 5) is 32.3. The summed E-state index contributed by atoms with van der Waals surface area (Å²) in [6, 6.07) is 20.9. The molecule has 0 unspecified atom stereocenters. The van der Waals surface area contributed by atoms with Crippen LogP contribution in [0.5, 0.6) is 5.75 Å². The molecule has 1 saturated heterocycles. The second kappa shape index (κ2) is 10.7. The minimum absolute atomic E-state index is 0.0505. The normalized spacial score (nSPS) is 15.8. The molecular weight excluding hydrogens is 532 g/mol. The summed E-state index contributed by atoms with van der Waals surface area (Å²) < 4.78 is 5.69. The number of carbonyl (C=O) groups excluding carboxylic acids is 2.